The van der Waals surface area contributed by atoms with E-state index in [1.165, 1.54) is 23.9 Å². The van der Waals surface area contributed by atoms with E-state index in [-0.39, 0.29) is 11.4 Å². The van der Waals surface area contributed by atoms with E-state index in [4.69, 9.17) is 17.3 Å². The molecular formula is C13H11ClN2O2S. The lowest BCUT2D eigenvalue weighted by molar-refractivity contribution is -0.383. The highest BCUT2D eigenvalue weighted by atomic mass is 35.5. The van der Waals surface area contributed by atoms with Gasteiger partial charge in [-0.2, -0.15) is 0 Å². The Morgan fingerprint density at radius 3 is 2.68 bits per heavy atom. The number of halogens is 1. The Balaban J connectivity index is 2.36. The second kappa shape index (κ2) is 5.50. The van der Waals surface area contributed by atoms with Crippen LogP contribution in [-0.4, -0.2) is 4.92 Å². The van der Waals surface area contributed by atoms with Gasteiger partial charge >= 0.3 is 0 Å². The number of anilines is 1. The minimum atomic E-state index is -0.539. The summed E-state index contributed by atoms with van der Waals surface area (Å²) in [6.07, 6.45) is 0. The summed E-state index contributed by atoms with van der Waals surface area (Å²) in [7, 11) is 0. The summed E-state index contributed by atoms with van der Waals surface area (Å²) in [6, 6.07) is 10.7. The predicted molar refractivity (Wildman–Crippen MR) is 77.8 cm³/mol. The first-order valence-electron chi connectivity index (χ1n) is 5.45. The van der Waals surface area contributed by atoms with Gasteiger partial charge in [0.2, 0.25) is 0 Å². The monoisotopic (exact) mass is 294 g/mol. The van der Waals surface area contributed by atoms with Crippen LogP contribution >= 0.6 is 23.4 Å². The molecule has 2 rings (SSSR count). The SMILES string of the molecule is Cc1cccc(Sc2cc(N)c([N+](=O)[O-])cc2Cl)c1. The van der Waals surface area contributed by atoms with Gasteiger partial charge < -0.3 is 5.73 Å². The van der Waals surface area contributed by atoms with Crippen molar-refractivity contribution in [2.45, 2.75) is 16.7 Å². The molecule has 2 aromatic carbocycles. The summed E-state index contributed by atoms with van der Waals surface area (Å²) in [5, 5.41) is 11.1. The molecule has 0 atom stereocenters. The smallest absolute Gasteiger partial charge is 0.293 e. The molecular weight excluding hydrogens is 284 g/mol. The van der Waals surface area contributed by atoms with Gasteiger partial charge in [0, 0.05) is 15.9 Å². The minimum Gasteiger partial charge on any atom is -0.393 e. The molecule has 0 bridgehead atoms. The Hall–Kier alpha value is -1.72. The van der Waals surface area contributed by atoms with Crippen LogP contribution in [0.25, 0.3) is 0 Å². The first-order valence-corrected chi connectivity index (χ1v) is 6.65. The highest BCUT2D eigenvalue weighted by Crippen LogP contribution is 2.38. The van der Waals surface area contributed by atoms with Gasteiger partial charge in [-0.05, 0) is 25.1 Å². The van der Waals surface area contributed by atoms with Gasteiger partial charge in [0.1, 0.15) is 5.69 Å². The second-order valence-corrected chi connectivity index (χ2v) is 5.54. The van der Waals surface area contributed by atoms with E-state index in [2.05, 4.69) is 0 Å². The molecule has 0 saturated heterocycles. The third-order valence-electron chi connectivity index (χ3n) is 2.50. The normalized spacial score (nSPS) is 10.4. The van der Waals surface area contributed by atoms with E-state index >= 15 is 0 Å². The summed E-state index contributed by atoms with van der Waals surface area (Å²) >= 11 is 7.48. The molecule has 19 heavy (non-hydrogen) atoms. The first kappa shape index (κ1) is 13.7. The molecule has 6 heteroatoms. The standard InChI is InChI=1S/C13H11ClN2O2S/c1-8-3-2-4-9(5-8)19-13-7-11(15)12(16(17)18)6-10(13)14/h2-7H,15H2,1H3. The van der Waals surface area contributed by atoms with Gasteiger partial charge in [-0.1, -0.05) is 41.1 Å². The van der Waals surface area contributed by atoms with Crippen molar-refractivity contribution in [3.8, 4) is 0 Å². The third kappa shape index (κ3) is 3.19. The van der Waals surface area contributed by atoms with Crippen LogP contribution in [0.5, 0.6) is 0 Å². The lowest BCUT2D eigenvalue weighted by Gasteiger charge is -2.06. The summed E-state index contributed by atoms with van der Waals surface area (Å²) in [4.78, 5) is 11.9. The van der Waals surface area contributed by atoms with E-state index < -0.39 is 4.92 Å². The van der Waals surface area contributed by atoms with Gasteiger partial charge in [-0.3, -0.25) is 10.1 Å². The van der Waals surface area contributed by atoms with Gasteiger partial charge in [0.15, 0.2) is 0 Å². The molecule has 0 unspecified atom stereocenters. The molecule has 0 fully saturated rings. The van der Waals surface area contributed by atoms with Crippen molar-refractivity contribution in [2.24, 2.45) is 0 Å². The van der Waals surface area contributed by atoms with E-state index in [0.29, 0.717) is 9.92 Å². The van der Waals surface area contributed by atoms with Crippen molar-refractivity contribution in [2.75, 3.05) is 5.73 Å². The lowest BCUT2D eigenvalue weighted by atomic mass is 10.2. The van der Waals surface area contributed by atoms with Gasteiger partial charge in [0.05, 0.1) is 9.95 Å². The van der Waals surface area contributed by atoms with Crippen LogP contribution in [0.2, 0.25) is 5.02 Å². The van der Waals surface area contributed by atoms with E-state index in [1.54, 1.807) is 0 Å². The molecule has 0 aromatic heterocycles. The Labute approximate surface area is 119 Å². The number of nitrogens with two attached hydrogens (primary N) is 1. The van der Waals surface area contributed by atoms with Crippen molar-refractivity contribution in [1.29, 1.82) is 0 Å². The number of benzene rings is 2. The number of aryl methyl sites for hydroxylation is 1. The second-order valence-electron chi connectivity index (χ2n) is 4.02. The molecule has 0 spiro atoms. The highest BCUT2D eigenvalue weighted by Gasteiger charge is 2.15. The topological polar surface area (TPSA) is 69.2 Å². The number of nitrogen functional groups attached to an aromatic ring is 1. The van der Waals surface area contributed by atoms with E-state index in [1.807, 2.05) is 31.2 Å². The fourth-order valence-corrected chi connectivity index (χ4v) is 2.86. The van der Waals surface area contributed by atoms with Crippen LogP contribution in [0, 0.1) is 17.0 Å². The fourth-order valence-electron chi connectivity index (χ4n) is 1.60. The molecule has 4 nitrogen and oxygen atoms in total. The van der Waals surface area contributed by atoms with Crippen LogP contribution in [0.4, 0.5) is 11.4 Å². The number of hydrogen-bond acceptors (Lipinski definition) is 4. The Morgan fingerprint density at radius 2 is 2.05 bits per heavy atom. The molecule has 0 heterocycles. The summed E-state index contributed by atoms with van der Waals surface area (Å²) in [5.74, 6) is 0. The zero-order valence-electron chi connectivity index (χ0n) is 10.1. The zero-order valence-corrected chi connectivity index (χ0v) is 11.7. The number of nitro groups is 1. The molecule has 0 aliphatic carbocycles. The average Bonchev–Trinajstić information content (AvgIpc) is 2.33. The maximum atomic E-state index is 10.7. The maximum Gasteiger partial charge on any atom is 0.293 e. The Morgan fingerprint density at radius 1 is 1.32 bits per heavy atom. The number of rotatable bonds is 3. The number of nitrogens with zero attached hydrogens (tertiary/aromatic N) is 1. The van der Waals surface area contributed by atoms with E-state index in [0.717, 1.165) is 10.5 Å². The van der Waals surface area contributed by atoms with Crippen molar-refractivity contribution < 1.29 is 4.92 Å². The lowest BCUT2D eigenvalue weighted by Crippen LogP contribution is -1.96. The number of hydrogen-bond donors (Lipinski definition) is 1. The average molecular weight is 295 g/mol. The summed E-state index contributed by atoms with van der Waals surface area (Å²) in [6.45, 7) is 2.00. The number of nitro benzene ring substituents is 1. The molecule has 2 N–H and O–H groups in total. The van der Waals surface area contributed by atoms with Crippen LogP contribution in [0.15, 0.2) is 46.2 Å². The fraction of sp³-hybridized carbons (Fsp3) is 0.0769. The van der Waals surface area contributed by atoms with Crippen molar-refractivity contribution in [1.82, 2.24) is 0 Å². The third-order valence-corrected chi connectivity index (χ3v) is 3.97. The molecule has 0 saturated carbocycles. The van der Waals surface area contributed by atoms with Gasteiger partial charge in [-0.15, -0.1) is 0 Å². The van der Waals surface area contributed by atoms with Crippen molar-refractivity contribution in [3.05, 3.63) is 57.1 Å². The summed E-state index contributed by atoms with van der Waals surface area (Å²) < 4.78 is 0. The first-order chi connectivity index (χ1) is 8.97. The molecule has 2 aromatic rings. The molecule has 0 aliphatic heterocycles. The summed E-state index contributed by atoms with van der Waals surface area (Å²) in [5.41, 5.74) is 6.74. The molecule has 0 amide bonds. The molecule has 0 aliphatic rings. The highest BCUT2D eigenvalue weighted by molar-refractivity contribution is 7.99. The quantitative estimate of drug-likeness (QED) is 0.521. The van der Waals surface area contributed by atoms with Gasteiger partial charge in [0.25, 0.3) is 5.69 Å². The molecule has 0 radical (unpaired) electrons. The minimum absolute atomic E-state index is 0.115. The van der Waals surface area contributed by atoms with Crippen LogP contribution < -0.4 is 5.73 Å². The largest absolute Gasteiger partial charge is 0.393 e. The zero-order chi connectivity index (χ0) is 14.0. The predicted octanol–water partition coefficient (Wildman–Crippen LogP) is 4.29. The van der Waals surface area contributed by atoms with E-state index in [9.17, 15) is 10.1 Å². The van der Waals surface area contributed by atoms with Gasteiger partial charge in [-0.25, -0.2) is 0 Å². The molecule has 98 valence electrons. The maximum absolute atomic E-state index is 10.7. The Kier molecular flexibility index (Phi) is 3.97. The Bertz CT molecular complexity index is 647. The van der Waals surface area contributed by atoms with Crippen LogP contribution in [0.3, 0.4) is 0 Å². The van der Waals surface area contributed by atoms with Crippen LogP contribution in [0.1, 0.15) is 5.56 Å². The van der Waals surface area contributed by atoms with Crippen molar-refractivity contribution >= 4 is 34.7 Å². The van der Waals surface area contributed by atoms with Crippen molar-refractivity contribution in [3.63, 3.8) is 0 Å². The van der Waals surface area contributed by atoms with Crippen LogP contribution in [-0.2, 0) is 0 Å².